The molecule has 0 unspecified atom stereocenters. The van der Waals surface area contributed by atoms with Gasteiger partial charge in [0.1, 0.15) is 24.3 Å². The Morgan fingerprint density at radius 1 is 1.32 bits per heavy atom. The van der Waals surface area contributed by atoms with Gasteiger partial charge in [-0.25, -0.2) is 9.18 Å². The van der Waals surface area contributed by atoms with E-state index in [1.165, 1.54) is 12.1 Å². The van der Waals surface area contributed by atoms with Crippen LogP contribution >= 0.6 is 0 Å². The van der Waals surface area contributed by atoms with Crippen LogP contribution in [0.3, 0.4) is 0 Å². The summed E-state index contributed by atoms with van der Waals surface area (Å²) in [4.78, 5) is 13.3. The van der Waals surface area contributed by atoms with E-state index >= 15 is 0 Å². The lowest BCUT2D eigenvalue weighted by atomic mass is 9.95. The molecule has 2 aromatic rings. The number of amides is 1. The molecule has 0 radical (unpaired) electrons. The number of nitrogens with one attached hydrogen (secondary N) is 1. The summed E-state index contributed by atoms with van der Waals surface area (Å²) >= 11 is 0. The highest BCUT2D eigenvalue weighted by molar-refractivity contribution is 5.87. The third-order valence-corrected chi connectivity index (χ3v) is 6.52. The molecule has 1 saturated heterocycles. The number of hydrogen-bond donors (Lipinski definition) is 3. The third kappa shape index (κ3) is 3.98. The number of likely N-dealkylation sites (tertiary alicyclic amines) is 1. The van der Waals surface area contributed by atoms with Crippen molar-refractivity contribution >= 4 is 11.8 Å². The predicted octanol–water partition coefficient (Wildman–Crippen LogP) is 2.83. The number of halogens is 1. The van der Waals surface area contributed by atoms with E-state index in [2.05, 4.69) is 5.32 Å². The molecule has 3 aliphatic rings. The second-order valence-corrected chi connectivity index (χ2v) is 8.74. The Morgan fingerprint density at radius 2 is 2.13 bits per heavy atom. The number of rotatable bonds is 5. The lowest BCUT2D eigenvalue weighted by Crippen LogP contribution is -2.36. The van der Waals surface area contributed by atoms with Crippen LogP contribution in [-0.2, 0) is 11.3 Å². The fourth-order valence-electron chi connectivity index (χ4n) is 5.06. The Morgan fingerprint density at radius 3 is 2.90 bits per heavy atom. The van der Waals surface area contributed by atoms with Crippen molar-refractivity contribution in [1.82, 2.24) is 4.90 Å². The van der Waals surface area contributed by atoms with E-state index in [1.54, 1.807) is 0 Å². The van der Waals surface area contributed by atoms with E-state index in [0.29, 0.717) is 30.8 Å². The molecule has 7 nitrogen and oxygen atoms in total. The van der Waals surface area contributed by atoms with E-state index in [1.807, 2.05) is 35.2 Å². The number of aliphatic hydroxyl groups excluding tert-OH is 1. The quantitative estimate of drug-likeness (QED) is 0.679. The SMILES string of the molecule is O=C1Nc2cc(F)c([C@@H](O)CN3C[C@H]4C[C@H](Oc5ccccc5)C[C@@]4(O)C3)cc2CO1. The first-order valence-corrected chi connectivity index (χ1v) is 10.5. The Balaban J connectivity index is 1.22. The summed E-state index contributed by atoms with van der Waals surface area (Å²) < 4.78 is 25.5. The average Bonchev–Trinajstić information content (AvgIpc) is 3.18. The summed E-state index contributed by atoms with van der Waals surface area (Å²) in [5.41, 5.74) is 0.269. The van der Waals surface area contributed by atoms with Gasteiger partial charge >= 0.3 is 6.09 Å². The summed E-state index contributed by atoms with van der Waals surface area (Å²) in [6.07, 6.45) is -0.447. The molecular formula is C23H25FN2O5. The van der Waals surface area contributed by atoms with Crippen molar-refractivity contribution in [3.8, 4) is 5.75 Å². The van der Waals surface area contributed by atoms with Gasteiger partial charge in [0.05, 0.1) is 17.4 Å². The van der Waals surface area contributed by atoms with Gasteiger partial charge in [-0.3, -0.25) is 10.2 Å². The number of carbonyl (C=O) groups is 1. The highest BCUT2D eigenvalue weighted by atomic mass is 19.1. The zero-order chi connectivity index (χ0) is 21.6. The van der Waals surface area contributed by atoms with Gasteiger partial charge < -0.3 is 19.7 Å². The standard InChI is InChI=1S/C23H25FN2O5/c24-19-8-20-14(12-30-22(28)25-20)6-18(19)21(27)11-26-10-15-7-17(9-23(15,29)13-26)31-16-4-2-1-3-5-16/h1-6,8,15,17,21,27,29H,7,9-13H2,(H,25,28)/t15-,17+,21+,23-/m1/s1. The molecular weight excluding hydrogens is 403 g/mol. The minimum absolute atomic E-state index is 0.0372. The first-order valence-electron chi connectivity index (χ1n) is 10.5. The normalized spacial score (nSPS) is 28.4. The van der Waals surface area contributed by atoms with Crippen LogP contribution in [0.25, 0.3) is 0 Å². The summed E-state index contributed by atoms with van der Waals surface area (Å²) in [5.74, 6) is 0.264. The van der Waals surface area contributed by atoms with Crippen LogP contribution in [-0.4, -0.2) is 52.5 Å². The fourth-order valence-corrected chi connectivity index (χ4v) is 5.06. The maximum absolute atomic E-state index is 14.6. The number of hydrogen-bond acceptors (Lipinski definition) is 6. The van der Waals surface area contributed by atoms with Crippen molar-refractivity contribution < 1.29 is 28.9 Å². The fraction of sp³-hybridized carbons (Fsp3) is 0.435. The number of ether oxygens (including phenoxy) is 2. The predicted molar refractivity (Wildman–Crippen MR) is 110 cm³/mol. The molecule has 3 N–H and O–H groups in total. The molecule has 5 rings (SSSR count). The molecule has 1 amide bonds. The summed E-state index contributed by atoms with van der Waals surface area (Å²) in [6.45, 7) is 1.28. The van der Waals surface area contributed by atoms with Crippen molar-refractivity contribution in [1.29, 1.82) is 0 Å². The van der Waals surface area contributed by atoms with Crippen molar-refractivity contribution in [3.63, 3.8) is 0 Å². The van der Waals surface area contributed by atoms with Gasteiger partial charge in [0, 0.05) is 43.1 Å². The minimum atomic E-state index is -1.05. The van der Waals surface area contributed by atoms with E-state index < -0.39 is 23.6 Å². The van der Waals surface area contributed by atoms with Gasteiger partial charge in [-0.1, -0.05) is 18.2 Å². The molecule has 2 aromatic carbocycles. The largest absolute Gasteiger partial charge is 0.490 e. The molecule has 2 fully saturated rings. The van der Waals surface area contributed by atoms with Gasteiger partial charge in [0.15, 0.2) is 0 Å². The Kier molecular flexibility index (Phi) is 5.08. The second kappa shape index (κ2) is 7.78. The number of nitrogens with zero attached hydrogens (tertiary/aromatic N) is 1. The lowest BCUT2D eigenvalue weighted by Gasteiger charge is -2.26. The number of carbonyl (C=O) groups excluding carboxylic acids is 1. The number of fused-ring (bicyclic) bond motifs is 2. The van der Waals surface area contributed by atoms with Crippen molar-refractivity contribution in [3.05, 3.63) is 59.4 Å². The zero-order valence-electron chi connectivity index (χ0n) is 17.0. The Labute approximate surface area is 179 Å². The Hall–Kier alpha value is -2.68. The number of para-hydroxylation sites is 1. The summed E-state index contributed by atoms with van der Waals surface area (Å²) in [7, 11) is 0. The second-order valence-electron chi connectivity index (χ2n) is 8.74. The first-order chi connectivity index (χ1) is 14.9. The molecule has 164 valence electrons. The minimum Gasteiger partial charge on any atom is -0.490 e. The molecule has 4 atom stereocenters. The number of aliphatic hydroxyl groups is 2. The van der Waals surface area contributed by atoms with Crippen LogP contribution < -0.4 is 10.1 Å². The van der Waals surface area contributed by atoms with Crippen LogP contribution in [0.4, 0.5) is 14.9 Å². The van der Waals surface area contributed by atoms with E-state index in [0.717, 1.165) is 12.2 Å². The third-order valence-electron chi connectivity index (χ3n) is 6.52. The van der Waals surface area contributed by atoms with Crippen LogP contribution in [0, 0.1) is 11.7 Å². The number of anilines is 1. The van der Waals surface area contributed by atoms with E-state index in [4.69, 9.17) is 9.47 Å². The van der Waals surface area contributed by atoms with Crippen molar-refractivity contribution in [2.45, 2.75) is 37.3 Å². The molecule has 1 saturated carbocycles. The van der Waals surface area contributed by atoms with E-state index in [9.17, 15) is 19.4 Å². The molecule has 8 heteroatoms. The van der Waals surface area contributed by atoms with Gasteiger partial charge in [-0.05, 0) is 30.7 Å². The highest BCUT2D eigenvalue weighted by Crippen LogP contribution is 2.43. The maximum atomic E-state index is 14.6. The average molecular weight is 428 g/mol. The molecule has 2 aliphatic heterocycles. The molecule has 31 heavy (non-hydrogen) atoms. The van der Waals surface area contributed by atoms with Gasteiger partial charge in [-0.2, -0.15) is 0 Å². The van der Waals surface area contributed by atoms with Crippen LogP contribution in [0.5, 0.6) is 5.75 Å². The topological polar surface area (TPSA) is 91.3 Å². The van der Waals surface area contributed by atoms with Crippen LogP contribution in [0.15, 0.2) is 42.5 Å². The van der Waals surface area contributed by atoms with Crippen molar-refractivity contribution in [2.75, 3.05) is 25.0 Å². The van der Waals surface area contributed by atoms with Crippen LogP contribution in [0.1, 0.15) is 30.1 Å². The van der Waals surface area contributed by atoms with Gasteiger partial charge in [-0.15, -0.1) is 0 Å². The van der Waals surface area contributed by atoms with E-state index in [-0.39, 0.29) is 30.7 Å². The molecule has 1 aliphatic carbocycles. The number of cyclic esters (lactones) is 1. The monoisotopic (exact) mass is 428 g/mol. The molecule has 0 bridgehead atoms. The smallest absolute Gasteiger partial charge is 0.411 e. The number of β-amino-alcohol motifs (C(OH)–C–C–N with tert-alkyl or cyclic N) is 2. The Bertz CT molecular complexity index is 987. The van der Waals surface area contributed by atoms with Gasteiger partial charge in [0.2, 0.25) is 0 Å². The van der Waals surface area contributed by atoms with Crippen molar-refractivity contribution in [2.24, 2.45) is 5.92 Å². The highest BCUT2D eigenvalue weighted by Gasteiger charge is 2.52. The number of benzene rings is 2. The maximum Gasteiger partial charge on any atom is 0.411 e. The summed E-state index contributed by atoms with van der Waals surface area (Å²) in [5, 5.41) is 24.3. The lowest BCUT2D eigenvalue weighted by molar-refractivity contribution is 0.0177. The summed E-state index contributed by atoms with van der Waals surface area (Å²) in [6, 6.07) is 12.3. The molecule has 0 aromatic heterocycles. The van der Waals surface area contributed by atoms with Crippen LogP contribution in [0.2, 0.25) is 0 Å². The first kappa shape index (κ1) is 20.2. The molecule has 2 heterocycles. The van der Waals surface area contributed by atoms with Gasteiger partial charge in [0.25, 0.3) is 0 Å². The molecule has 0 spiro atoms. The zero-order valence-corrected chi connectivity index (χ0v) is 17.0.